The number of benzene rings is 2. The van der Waals surface area contributed by atoms with E-state index in [2.05, 4.69) is 29.2 Å². The SMILES string of the molecule is C=C(C)[C@H]1N(CC(O)NC2CCN(C)CC2)C(=O)C[C@@H](c2cccc(Cl)c2)[C@]12C(=O)Nc1cc(Cl)ccc12. The van der Waals surface area contributed by atoms with Crippen LogP contribution in [-0.2, 0) is 15.0 Å². The standard InChI is InChI=1S/C29H34Cl2N4O3/c1-17(2)27-29(22-8-7-20(31)14-24(22)33-28(29)38)23(18-5-4-6-19(30)13-18)15-26(37)35(27)16-25(36)32-21-9-11-34(3)12-10-21/h4-8,13-14,21,23,25,27,32,36H,1,9-12,15-16H2,2-3H3,(H,33,38)/t23-,25?,27+,29-/m0/s1. The quantitative estimate of drug-likeness (QED) is 0.367. The number of hydrogen-bond acceptors (Lipinski definition) is 5. The lowest BCUT2D eigenvalue weighted by Crippen LogP contribution is -2.65. The Kier molecular flexibility index (Phi) is 7.59. The van der Waals surface area contributed by atoms with E-state index < -0.39 is 23.6 Å². The van der Waals surface area contributed by atoms with E-state index in [1.165, 1.54) is 0 Å². The molecule has 2 aromatic rings. The van der Waals surface area contributed by atoms with Crippen molar-refractivity contribution in [3.8, 4) is 0 Å². The molecule has 38 heavy (non-hydrogen) atoms. The summed E-state index contributed by atoms with van der Waals surface area (Å²) in [5.74, 6) is -0.857. The van der Waals surface area contributed by atoms with Crippen molar-refractivity contribution < 1.29 is 14.7 Å². The van der Waals surface area contributed by atoms with Crippen molar-refractivity contribution in [2.24, 2.45) is 0 Å². The van der Waals surface area contributed by atoms with Gasteiger partial charge in [0, 0.05) is 34.1 Å². The van der Waals surface area contributed by atoms with Gasteiger partial charge in [0.2, 0.25) is 11.8 Å². The average Bonchev–Trinajstić information content (AvgIpc) is 3.13. The van der Waals surface area contributed by atoms with Crippen LogP contribution in [0.4, 0.5) is 5.69 Å². The number of amides is 2. The number of carbonyl (C=O) groups is 2. The second-order valence-corrected chi connectivity index (χ2v) is 11.8. The molecule has 0 bridgehead atoms. The number of anilines is 1. The number of halogens is 2. The van der Waals surface area contributed by atoms with E-state index in [1.807, 2.05) is 31.2 Å². The number of likely N-dealkylation sites (tertiary alicyclic amines) is 2. The Morgan fingerprint density at radius 1 is 1.18 bits per heavy atom. The first-order valence-electron chi connectivity index (χ1n) is 13.1. The van der Waals surface area contributed by atoms with Gasteiger partial charge in [-0.25, -0.2) is 0 Å². The van der Waals surface area contributed by atoms with Crippen LogP contribution in [-0.4, -0.2) is 71.7 Å². The van der Waals surface area contributed by atoms with Gasteiger partial charge in [0.05, 0.1) is 12.6 Å². The first-order chi connectivity index (χ1) is 18.1. The predicted octanol–water partition coefficient (Wildman–Crippen LogP) is 4.15. The van der Waals surface area contributed by atoms with Crippen LogP contribution < -0.4 is 10.6 Å². The van der Waals surface area contributed by atoms with Gasteiger partial charge in [-0.05, 0) is 75.3 Å². The molecule has 9 heteroatoms. The van der Waals surface area contributed by atoms with Gasteiger partial charge in [-0.1, -0.05) is 53.6 Å². The third-order valence-corrected chi connectivity index (χ3v) is 8.75. The zero-order chi connectivity index (χ0) is 27.2. The van der Waals surface area contributed by atoms with Gasteiger partial charge >= 0.3 is 0 Å². The topological polar surface area (TPSA) is 84.9 Å². The normalized spacial score (nSPS) is 26.9. The fourth-order valence-electron chi connectivity index (χ4n) is 6.63. The van der Waals surface area contributed by atoms with Crippen LogP contribution in [0.1, 0.15) is 43.2 Å². The largest absolute Gasteiger partial charge is 0.377 e. The van der Waals surface area contributed by atoms with Gasteiger partial charge in [-0.2, -0.15) is 0 Å². The smallest absolute Gasteiger partial charge is 0.238 e. The number of aliphatic hydroxyl groups excluding tert-OH is 1. The van der Waals surface area contributed by atoms with E-state index >= 15 is 0 Å². The van der Waals surface area contributed by atoms with Crippen LogP contribution in [0.25, 0.3) is 0 Å². The maximum atomic E-state index is 14.1. The van der Waals surface area contributed by atoms with Crippen LogP contribution in [0.15, 0.2) is 54.6 Å². The molecule has 3 aliphatic heterocycles. The third-order valence-electron chi connectivity index (χ3n) is 8.28. The van der Waals surface area contributed by atoms with Crippen LogP contribution in [0.5, 0.6) is 0 Å². The summed E-state index contributed by atoms with van der Waals surface area (Å²) in [7, 11) is 2.09. The van der Waals surface area contributed by atoms with Gasteiger partial charge in [0.15, 0.2) is 0 Å². The van der Waals surface area contributed by atoms with E-state index in [0.717, 1.165) is 37.1 Å². The number of rotatable bonds is 6. The highest BCUT2D eigenvalue weighted by Crippen LogP contribution is 2.56. The Labute approximate surface area is 233 Å². The fourth-order valence-corrected chi connectivity index (χ4v) is 7.00. The Bertz CT molecular complexity index is 1260. The molecule has 1 spiro atoms. The predicted molar refractivity (Wildman–Crippen MR) is 151 cm³/mol. The molecule has 5 rings (SSSR count). The Balaban J connectivity index is 1.57. The van der Waals surface area contributed by atoms with Crippen LogP contribution >= 0.6 is 23.2 Å². The van der Waals surface area contributed by atoms with E-state index in [-0.39, 0.29) is 30.8 Å². The molecule has 7 nitrogen and oxygen atoms in total. The van der Waals surface area contributed by atoms with Crippen molar-refractivity contribution in [3.63, 3.8) is 0 Å². The number of nitrogens with zero attached hydrogens (tertiary/aromatic N) is 2. The summed E-state index contributed by atoms with van der Waals surface area (Å²) in [4.78, 5) is 31.9. The second-order valence-electron chi connectivity index (χ2n) is 10.9. The number of aliphatic hydroxyl groups is 1. The molecule has 2 amide bonds. The summed E-state index contributed by atoms with van der Waals surface area (Å²) in [5.41, 5.74) is 1.69. The van der Waals surface area contributed by atoms with E-state index in [0.29, 0.717) is 21.3 Å². The average molecular weight is 558 g/mol. The third kappa shape index (κ3) is 4.75. The molecule has 0 radical (unpaired) electrons. The van der Waals surface area contributed by atoms with Gasteiger partial charge in [-0.3, -0.25) is 14.9 Å². The van der Waals surface area contributed by atoms with E-state index in [1.54, 1.807) is 23.1 Å². The molecule has 202 valence electrons. The lowest BCUT2D eigenvalue weighted by molar-refractivity contribution is -0.145. The first kappa shape index (κ1) is 27.2. The van der Waals surface area contributed by atoms with Gasteiger partial charge in [0.1, 0.15) is 11.6 Å². The van der Waals surface area contributed by atoms with Crippen molar-refractivity contribution in [1.29, 1.82) is 0 Å². The Morgan fingerprint density at radius 3 is 2.58 bits per heavy atom. The molecular weight excluding hydrogens is 523 g/mol. The first-order valence-corrected chi connectivity index (χ1v) is 13.8. The lowest BCUT2D eigenvalue weighted by atomic mass is 9.58. The summed E-state index contributed by atoms with van der Waals surface area (Å²) in [6.07, 6.45) is 0.981. The summed E-state index contributed by atoms with van der Waals surface area (Å²) in [6.45, 7) is 8.03. The zero-order valence-corrected chi connectivity index (χ0v) is 23.2. The minimum atomic E-state index is -1.17. The summed E-state index contributed by atoms with van der Waals surface area (Å²) in [5, 5.41) is 18.5. The molecule has 3 aliphatic rings. The van der Waals surface area contributed by atoms with Crippen molar-refractivity contribution in [2.75, 3.05) is 32.0 Å². The number of β-amino-alcohol motifs (C(OH)–C–C–N with tert-alkyl or cyclic N) is 1. The fraction of sp³-hybridized carbons (Fsp3) is 0.448. The molecule has 1 unspecified atom stereocenters. The minimum Gasteiger partial charge on any atom is -0.377 e. The molecule has 0 saturated carbocycles. The highest BCUT2D eigenvalue weighted by molar-refractivity contribution is 6.31. The maximum Gasteiger partial charge on any atom is 0.238 e. The zero-order valence-electron chi connectivity index (χ0n) is 21.7. The molecule has 0 aromatic heterocycles. The maximum absolute atomic E-state index is 14.1. The van der Waals surface area contributed by atoms with Crippen molar-refractivity contribution in [2.45, 2.75) is 55.8 Å². The van der Waals surface area contributed by atoms with Crippen LogP contribution in [0.2, 0.25) is 10.0 Å². The number of hydrogen-bond donors (Lipinski definition) is 3. The van der Waals surface area contributed by atoms with Crippen molar-refractivity contribution >= 4 is 40.7 Å². The second kappa shape index (κ2) is 10.6. The molecule has 2 saturated heterocycles. The number of fused-ring (bicyclic) bond motifs is 2. The van der Waals surface area contributed by atoms with E-state index in [9.17, 15) is 14.7 Å². The molecule has 2 aromatic carbocycles. The van der Waals surface area contributed by atoms with Crippen molar-refractivity contribution in [1.82, 2.24) is 15.1 Å². The van der Waals surface area contributed by atoms with Crippen LogP contribution in [0, 0.1) is 0 Å². The Hall–Kier alpha value is -2.42. The number of carbonyl (C=O) groups excluding carboxylic acids is 2. The molecular formula is C29H34Cl2N4O3. The van der Waals surface area contributed by atoms with Gasteiger partial charge in [-0.15, -0.1) is 0 Å². The van der Waals surface area contributed by atoms with Crippen LogP contribution in [0.3, 0.4) is 0 Å². The van der Waals surface area contributed by atoms with Crippen molar-refractivity contribution in [3.05, 3.63) is 75.8 Å². The lowest BCUT2D eigenvalue weighted by Gasteiger charge is -2.52. The van der Waals surface area contributed by atoms with Gasteiger partial charge < -0.3 is 20.2 Å². The molecule has 0 aliphatic carbocycles. The summed E-state index contributed by atoms with van der Waals surface area (Å²) >= 11 is 12.7. The summed E-state index contributed by atoms with van der Waals surface area (Å²) in [6, 6.07) is 12.2. The minimum absolute atomic E-state index is 0.0446. The summed E-state index contributed by atoms with van der Waals surface area (Å²) < 4.78 is 0. The van der Waals surface area contributed by atoms with Gasteiger partial charge in [0.25, 0.3) is 0 Å². The number of nitrogens with one attached hydrogen (secondary N) is 2. The van der Waals surface area contributed by atoms with E-state index in [4.69, 9.17) is 23.2 Å². The molecule has 3 N–H and O–H groups in total. The highest BCUT2D eigenvalue weighted by atomic mass is 35.5. The Morgan fingerprint density at radius 2 is 1.89 bits per heavy atom. The number of piperidine rings is 2. The molecule has 2 fully saturated rings. The molecule has 3 heterocycles. The monoisotopic (exact) mass is 556 g/mol. The highest BCUT2D eigenvalue weighted by Gasteiger charge is 2.63. The molecule has 4 atom stereocenters.